The molecule has 1 aromatic carbocycles. The van der Waals surface area contributed by atoms with E-state index in [4.69, 9.17) is 15.2 Å². The van der Waals surface area contributed by atoms with Gasteiger partial charge in [-0.05, 0) is 23.6 Å². The predicted molar refractivity (Wildman–Crippen MR) is 77.7 cm³/mol. The average molecular weight is 261 g/mol. The molecule has 104 valence electrons. The van der Waals surface area contributed by atoms with Crippen LogP contribution in [0.25, 0.3) is 0 Å². The van der Waals surface area contributed by atoms with Gasteiger partial charge in [0.2, 0.25) is 0 Å². The predicted octanol–water partition coefficient (Wildman–Crippen LogP) is 2.19. The molecule has 0 saturated heterocycles. The summed E-state index contributed by atoms with van der Waals surface area (Å²) in [5.41, 5.74) is 7.45. The Bertz CT molecular complexity index is 401. The smallest absolute Gasteiger partial charge is 0.0718 e. The Balaban J connectivity index is 2.19. The lowest BCUT2D eigenvalue weighted by Crippen LogP contribution is -2.08. The topological polar surface area (TPSA) is 44.5 Å². The third kappa shape index (κ3) is 7.63. The average Bonchev–Trinajstić information content (AvgIpc) is 2.41. The van der Waals surface area contributed by atoms with Crippen LogP contribution in [0.2, 0.25) is 0 Å². The quantitative estimate of drug-likeness (QED) is 0.604. The Morgan fingerprint density at radius 1 is 1.11 bits per heavy atom. The Hall–Kier alpha value is -1.34. The van der Waals surface area contributed by atoms with Crippen molar-refractivity contribution in [1.82, 2.24) is 0 Å². The highest BCUT2D eigenvalue weighted by Crippen LogP contribution is 2.04. The molecule has 3 nitrogen and oxygen atoms in total. The molecule has 1 aromatic rings. The first-order valence-corrected chi connectivity index (χ1v) is 6.65. The van der Waals surface area contributed by atoms with Gasteiger partial charge in [0.05, 0.1) is 26.4 Å². The van der Waals surface area contributed by atoms with Gasteiger partial charge in [0.15, 0.2) is 0 Å². The Morgan fingerprint density at radius 2 is 1.79 bits per heavy atom. The van der Waals surface area contributed by atoms with Crippen molar-refractivity contribution in [2.45, 2.75) is 20.5 Å². The molecule has 0 aromatic heterocycles. The van der Waals surface area contributed by atoms with Gasteiger partial charge in [-0.1, -0.05) is 37.8 Å². The number of hydrogen-bond donors (Lipinski definition) is 1. The molecular formula is C16H23NO2. The van der Waals surface area contributed by atoms with Crippen LogP contribution in [0, 0.1) is 17.8 Å². The van der Waals surface area contributed by atoms with Crippen LogP contribution < -0.4 is 5.73 Å². The van der Waals surface area contributed by atoms with Crippen LogP contribution >= 0.6 is 0 Å². The van der Waals surface area contributed by atoms with E-state index < -0.39 is 0 Å². The molecule has 0 heterocycles. The molecule has 1 rings (SSSR count). The first-order chi connectivity index (χ1) is 9.22. The summed E-state index contributed by atoms with van der Waals surface area (Å²) in [5.74, 6) is 6.39. The monoisotopic (exact) mass is 261 g/mol. The number of hydrogen-bond acceptors (Lipinski definition) is 3. The number of benzene rings is 1. The number of ether oxygens (including phenoxy) is 2. The SMILES string of the molecule is CC(C)COCCOCc1ccc(C#CCN)cc1. The van der Waals surface area contributed by atoms with Gasteiger partial charge in [0.1, 0.15) is 0 Å². The van der Waals surface area contributed by atoms with E-state index in [0.29, 0.717) is 32.3 Å². The zero-order valence-corrected chi connectivity index (χ0v) is 11.8. The van der Waals surface area contributed by atoms with Crippen LogP contribution in [0.1, 0.15) is 25.0 Å². The van der Waals surface area contributed by atoms with Gasteiger partial charge in [0, 0.05) is 12.2 Å². The maximum atomic E-state index is 5.54. The van der Waals surface area contributed by atoms with Crippen LogP contribution in [0.3, 0.4) is 0 Å². The summed E-state index contributed by atoms with van der Waals surface area (Å²) in [6.45, 7) is 7.33. The highest BCUT2D eigenvalue weighted by atomic mass is 16.5. The van der Waals surface area contributed by atoms with E-state index in [9.17, 15) is 0 Å². The fourth-order valence-electron chi connectivity index (χ4n) is 1.46. The zero-order chi connectivity index (χ0) is 13.9. The van der Waals surface area contributed by atoms with E-state index in [1.165, 1.54) is 0 Å². The first-order valence-electron chi connectivity index (χ1n) is 6.65. The Labute approximate surface area is 116 Å². The molecule has 19 heavy (non-hydrogen) atoms. The van der Waals surface area contributed by atoms with E-state index in [0.717, 1.165) is 17.7 Å². The summed E-state index contributed by atoms with van der Waals surface area (Å²) in [7, 11) is 0. The lowest BCUT2D eigenvalue weighted by molar-refractivity contribution is 0.0314. The maximum absolute atomic E-state index is 5.54. The highest BCUT2D eigenvalue weighted by molar-refractivity contribution is 5.36. The van der Waals surface area contributed by atoms with Gasteiger partial charge in [-0.2, -0.15) is 0 Å². The Morgan fingerprint density at radius 3 is 2.42 bits per heavy atom. The first kappa shape index (κ1) is 15.7. The van der Waals surface area contributed by atoms with Crippen molar-refractivity contribution in [3.05, 3.63) is 35.4 Å². The van der Waals surface area contributed by atoms with Gasteiger partial charge in [-0.3, -0.25) is 0 Å². The van der Waals surface area contributed by atoms with E-state index in [-0.39, 0.29) is 0 Å². The lowest BCUT2D eigenvalue weighted by atomic mass is 10.1. The summed E-state index contributed by atoms with van der Waals surface area (Å²) in [6, 6.07) is 8.01. The molecular weight excluding hydrogens is 238 g/mol. The summed E-state index contributed by atoms with van der Waals surface area (Å²) >= 11 is 0. The third-order valence-corrected chi connectivity index (χ3v) is 2.38. The van der Waals surface area contributed by atoms with Crippen LogP contribution in [0.5, 0.6) is 0 Å². The van der Waals surface area contributed by atoms with Gasteiger partial charge >= 0.3 is 0 Å². The second-order valence-electron chi connectivity index (χ2n) is 4.72. The fraction of sp³-hybridized carbons (Fsp3) is 0.500. The van der Waals surface area contributed by atoms with Gasteiger partial charge in [-0.25, -0.2) is 0 Å². The Kier molecular flexibility index (Phi) is 7.92. The van der Waals surface area contributed by atoms with Crippen molar-refractivity contribution in [1.29, 1.82) is 0 Å². The molecule has 0 fully saturated rings. The summed E-state index contributed by atoms with van der Waals surface area (Å²) < 4.78 is 11.0. The molecule has 2 N–H and O–H groups in total. The van der Waals surface area contributed by atoms with Crippen molar-refractivity contribution in [3.8, 4) is 11.8 Å². The normalized spacial score (nSPS) is 10.3. The molecule has 0 aliphatic rings. The minimum absolute atomic E-state index is 0.390. The van der Waals surface area contributed by atoms with Crippen LogP contribution in [0.15, 0.2) is 24.3 Å². The summed E-state index contributed by atoms with van der Waals surface area (Å²) in [6.07, 6.45) is 0. The zero-order valence-electron chi connectivity index (χ0n) is 11.8. The van der Waals surface area contributed by atoms with E-state index in [1.807, 2.05) is 24.3 Å². The van der Waals surface area contributed by atoms with Crippen LogP contribution in [-0.4, -0.2) is 26.4 Å². The van der Waals surface area contributed by atoms with Crippen LogP contribution in [0.4, 0.5) is 0 Å². The molecule has 0 bridgehead atoms. The van der Waals surface area contributed by atoms with Crippen molar-refractivity contribution >= 4 is 0 Å². The minimum atomic E-state index is 0.390. The molecule has 0 spiro atoms. The van der Waals surface area contributed by atoms with Crippen LogP contribution in [-0.2, 0) is 16.1 Å². The molecule has 0 saturated carbocycles. The number of nitrogens with two attached hydrogens (primary N) is 1. The lowest BCUT2D eigenvalue weighted by Gasteiger charge is -2.07. The molecule has 0 radical (unpaired) electrons. The summed E-state index contributed by atoms with van der Waals surface area (Å²) in [5, 5.41) is 0. The second-order valence-corrected chi connectivity index (χ2v) is 4.72. The van der Waals surface area contributed by atoms with E-state index >= 15 is 0 Å². The van der Waals surface area contributed by atoms with Crippen molar-refractivity contribution in [3.63, 3.8) is 0 Å². The molecule has 0 amide bonds. The number of rotatable bonds is 7. The minimum Gasteiger partial charge on any atom is -0.379 e. The van der Waals surface area contributed by atoms with Crippen molar-refractivity contribution in [2.24, 2.45) is 11.7 Å². The molecule has 0 unspecified atom stereocenters. The third-order valence-electron chi connectivity index (χ3n) is 2.38. The maximum Gasteiger partial charge on any atom is 0.0718 e. The van der Waals surface area contributed by atoms with Crippen molar-refractivity contribution in [2.75, 3.05) is 26.4 Å². The summed E-state index contributed by atoms with van der Waals surface area (Å²) in [4.78, 5) is 0. The molecule has 3 heteroatoms. The van der Waals surface area contributed by atoms with Gasteiger partial charge in [-0.15, -0.1) is 0 Å². The largest absolute Gasteiger partial charge is 0.379 e. The molecule has 0 atom stereocenters. The highest BCUT2D eigenvalue weighted by Gasteiger charge is 1.96. The fourth-order valence-corrected chi connectivity index (χ4v) is 1.46. The standard InChI is InChI=1S/C16H23NO2/c1-14(2)12-18-10-11-19-13-16-7-5-15(6-8-16)4-3-9-17/h5-8,14H,9-13,17H2,1-2H3. The second kappa shape index (κ2) is 9.57. The molecule has 0 aliphatic carbocycles. The van der Waals surface area contributed by atoms with Gasteiger partial charge < -0.3 is 15.2 Å². The van der Waals surface area contributed by atoms with E-state index in [2.05, 4.69) is 25.7 Å². The molecule has 0 aliphatic heterocycles. The van der Waals surface area contributed by atoms with E-state index in [1.54, 1.807) is 0 Å². The van der Waals surface area contributed by atoms with Crippen molar-refractivity contribution < 1.29 is 9.47 Å². The van der Waals surface area contributed by atoms with Gasteiger partial charge in [0.25, 0.3) is 0 Å².